The van der Waals surface area contributed by atoms with E-state index < -0.39 is 9.28 Å². The van der Waals surface area contributed by atoms with Gasteiger partial charge in [0.15, 0.2) is 0 Å². The van der Waals surface area contributed by atoms with Crippen LogP contribution in [-0.4, -0.2) is 35.7 Å². The van der Waals surface area contributed by atoms with Gasteiger partial charge >= 0.3 is 9.28 Å². The first-order valence-corrected chi connectivity index (χ1v) is 8.59. The second kappa shape index (κ2) is 5.82. The number of fused-ring (bicyclic) bond motifs is 1. The van der Waals surface area contributed by atoms with Gasteiger partial charge in [0.2, 0.25) is 0 Å². The Kier molecular flexibility index (Phi) is 4.63. The molecule has 1 saturated carbocycles. The monoisotopic (exact) mass is 257 g/mol. The van der Waals surface area contributed by atoms with Gasteiger partial charge in [0.25, 0.3) is 0 Å². The van der Waals surface area contributed by atoms with Crippen molar-refractivity contribution in [2.45, 2.75) is 38.8 Å². The Labute approximate surface area is 107 Å². The molecule has 2 aliphatic rings. The quantitative estimate of drug-likeness (QED) is 0.781. The van der Waals surface area contributed by atoms with Gasteiger partial charge < -0.3 is 14.2 Å². The van der Waals surface area contributed by atoms with Crippen molar-refractivity contribution in [1.82, 2.24) is 5.32 Å². The maximum absolute atomic E-state index is 5.60. The van der Waals surface area contributed by atoms with Crippen LogP contribution in [0.4, 0.5) is 0 Å². The van der Waals surface area contributed by atoms with Crippen LogP contribution in [0.3, 0.4) is 0 Å². The SMILES string of the molecule is CO[SiH](OC)C1NCCC2C(C)C(C)CCC21. The van der Waals surface area contributed by atoms with Crippen LogP contribution in [-0.2, 0) is 8.85 Å². The van der Waals surface area contributed by atoms with E-state index in [1.165, 1.54) is 19.3 Å². The summed E-state index contributed by atoms with van der Waals surface area (Å²) in [6.45, 7) is 6.00. The minimum absolute atomic E-state index is 0.513. The summed E-state index contributed by atoms with van der Waals surface area (Å²) < 4.78 is 11.2. The molecule has 1 heterocycles. The molecule has 17 heavy (non-hydrogen) atoms. The van der Waals surface area contributed by atoms with E-state index in [0.717, 1.165) is 30.2 Å². The topological polar surface area (TPSA) is 30.5 Å². The van der Waals surface area contributed by atoms with Crippen molar-refractivity contribution < 1.29 is 8.85 Å². The first-order chi connectivity index (χ1) is 8.19. The van der Waals surface area contributed by atoms with Crippen LogP contribution in [0.5, 0.6) is 0 Å². The molecule has 0 aromatic rings. The molecule has 1 N–H and O–H groups in total. The lowest BCUT2D eigenvalue weighted by Gasteiger charge is -2.48. The molecule has 2 fully saturated rings. The second-order valence-corrected chi connectivity index (χ2v) is 8.25. The summed E-state index contributed by atoms with van der Waals surface area (Å²) >= 11 is 0. The minimum Gasteiger partial charge on any atom is -0.399 e. The Bertz CT molecular complexity index is 248. The van der Waals surface area contributed by atoms with Gasteiger partial charge in [-0.05, 0) is 43.1 Å². The molecule has 1 aliphatic carbocycles. The summed E-state index contributed by atoms with van der Waals surface area (Å²) in [5, 5.41) is 3.67. The van der Waals surface area contributed by atoms with Crippen molar-refractivity contribution in [1.29, 1.82) is 0 Å². The van der Waals surface area contributed by atoms with Crippen LogP contribution in [0.1, 0.15) is 33.1 Å². The molecule has 0 spiro atoms. The lowest BCUT2D eigenvalue weighted by Crippen LogP contribution is -2.58. The molecule has 100 valence electrons. The molecule has 2 rings (SSSR count). The summed E-state index contributed by atoms with van der Waals surface area (Å²) in [6.07, 6.45) is 4.06. The van der Waals surface area contributed by atoms with Crippen molar-refractivity contribution in [3.63, 3.8) is 0 Å². The van der Waals surface area contributed by atoms with Crippen molar-refractivity contribution in [2.24, 2.45) is 23.7 Å². The zero-order valence-corrected chi connectivity index (χ0v) is 12.8. The fourth-order valence-corrected chi connectivity index (χ4v) is 5.94. The molecule has 0 aromatic carbocycles. The molecular weight excluding hydrogens is 230 g/mol. The number of hydrogen-bond acceptors (Lipinski definition) is 3. The van der Waals surface area contributed by atoms with Gasteiger partial charge in [-0.3, -0.25) is 0 Å². The second-order valence-electron chi connectivity index (χ2n) is 5.85. The molecule has 3 nitrogen and oxygen atoms in total. The van der Waals surface area contributed by atoms with E-state index in [1.807, 2.05) is 0 Å². The van der Waals surface area contributed by atoms with Gasteiger partial charge in [0, 0.05) is 14.2 Å². The molecule has 0 radical (unpaired) electrons. The Morgan fingerprint density at radius 3 is 2.35 bits per heavy atom. The molecule has 1 aliphatic heterocycles. The van der Waals surface area contributed by atoms with E-state index in [1.54, 1.807) is 14.2 Å². The Balaban J connectivity index is 2.09. The van der Waals surface area contributed by atoms with Gasteiger partial charge in [0.05, 0.1) is 5.67 Å². The van der Waals surface area contributed by atoms with Crippen LogP contribution in [0.2, 0.25) is 0 Å². The van der Waals surface area contributed by atoms with Crippen molar-refractivity contribution >= 4 is 9.28 Å². The standard InChI is InChI=1S/C13H27NO2Si/c1-9-5-6-12-11(10(9)2)7-8-14-13(12)17(15-3)16-4/h9-14,17H,5-8H2,1-4H3. The largest absolute Gasteiger partial charge is 0.399 e. The Morgan fingerprint density at radius 1 is 1.00 bits per heavy atom. The van der Waals surface area contributed by atoms with Gasteiger partial charge in [-0.15, -0.1) is 0 Å². The fourth-order valence-electron chi connectivity index (χ4n) is 3.92. The molecule has 4 heteroatoms. The van der Waals surface area contributed by atoms with Crippen LogP contribution in [0.25, 0.3) is 0 Å². The molecule has 0 aromatic heterocycles. The molecule has 0 amide bonds. The molecule has 5 atom stereocenters. The predicted octanol–water partition coefficient (Wildman–Crippen LogP) is 1.70. The molecule has 1 saturated heterocycles. The van der Waals surface area contributed by atoms with Gasteiger partial charge in [0.1, 0.15) is 0 Å². The molecular formula is C13H27NO2Si. The highest BCUT2D eigenvalue weighted by atomic mass is 28.3. The first kappa shape index (κ1) is 13.5. The number of hydrogen-bond donors (Lipinski definition) is 1. The summed E-state index contributed by atoms with van der Waals surface area (Å²) in [4.78, 5) is 0. The Morgan fingerprint density at radius 2 is 1.71 bits per heavy atom. The summed E-state index contributed by atoms with van der Waals surface area (Å²) in [7, 11) is 2.09. The lowest BCUT2D eigenvalue weighted by molar-refractivity contribution is 0.0596. The third-order valence-electron chi connectivity index (χ3n) is 5.16. The lowest BCUT2D eigenvalue weighted by atomic mass is 9.65. The highest BCUT2D eigenvalue weighted by Crippen LogP contribution is 2.43. The van der Waals surface area contributed by atoms with Gasteiger partial charge in [-0.25, -0.2) is 0 Å². The van der Waals surface area contributed by atoms with Crippen molar-refractivity contribution in [3.05, 3.63) is 0 Å². The third-order valence-corrected chi connectivity index (χ3v) is 7.40. The summed E-state index contributed by atoms with van der Waals surface area (Å²) in [6, 6.07) is 0. The average molecular weight is 257 g/mol. The van der Waals surface area contributed by atoms with E-state index >= 15 is 0 Å². The van der Waals surface area contributed by atoms with Crippen LogP contribution in [0.15, 0.2) is 0 Å². The van der Waals surface area contributed by atoms with E-state index in [9.17, 15) is 0 Å². The van der Waals surface area contributed by atoms with Gasteiger partial charge in [-0.1, -0.05) is 20.3 Å². The predicted molar refractivity (Wildman–Crippen MR) is 72.1 cm³/mol. The van der Waals surface area contributed by atoms with Crippen molar-refractivity contribution in [3.8, 4) is 0 Å². The maximum atomic E-state index is 5.60. The van der Waals surface area contributed by atoms with Crippen LogP contribution in [0, 0.1) is 23.7 Å². The third kappa shape index (κ3) is 2.60. The molecule has 0 bridgehead atoms. The van der Waals surface area contributed by atoms with E-state index in [2.05, 4.69) is 19.2 Å². The van der Waals surface area contributed by atoms with E-state index in [0.29, 0.717) is 5.67 Å². The fraction of sp³-hybridized carbons (Fsp3) is 1.00. The maximum Gasteiger partial charge on any atom is 0.338 e. The molecule has 5 unspecified atom stereocenters. The highest BCUT2D eigenvalue weighted by molar-refractivity contribution is 6.46. The van der Waals surface area contributed by atoms with Crippen molar-refractivity contribution in [2.75, 3.05) is 20.8 Å². The average Bonchev–Trinajstić information content (AvgIpc) is 2.36. The summed E-state index contributed by atoms with van der Waals surface area (Å²) in [5.41, 5.74) is 0.513. The van der Waals surface area contributed by atoms with Gasteiger partial charge in [-0.2, -0.15) is 0 Å². The smallest absolute Gasteiger partial charge is 0.338 e. The highest BCUT2D eigenvalue weighted by Gasteiger charge is 2.44. The number of piperidine rings is 1. The zero-order valence-electron chi connectivity index (χ0n) is 11.6. The van der Waals surface area contributed by atoms with E-state index in [-0.39, 0.29) is 0 Å². The summed E-state index contributed by atoms with van der Waals surface area (Å²) in [5.74, 6) is 3.42. The zero-order chi connectivity index (χ0) is 12.4. The van der Waals surface area contributed by atoms with E-state index in [4.69, 9.17) is 8.85 Å². The normalized spacial score (nSPS) is 42.5. The first-order valence-electron chi connectivity index (χ1n) is 6.98. The van der Waals surface area contributed by atoms with Crippen LogP contribution < -0.4 is 5.32 Å². The van der Waals surface area contributed by atoms with Crippen LogP contribution >= 0.6 is 0 Å². The Hall–Kier alpha value is 0.0969. The minimum atomic E-state index is -1.53. The number of nitrogens with one attached hydrogen (secondary N) is 1. The number of rotatable bonds is 3.